The second-order valence-corrected chi connectivity index (χ2v) is 5.95. The molecule has 8 nitrogen and oxygen atoms in total. The van der Waals surface area contributed by atoms with Crippen LogP contribution in [0.25, 0.3) is 11.3 Å². The average molecular weight is 383 g/mol. The van der Waals surface area contributed by atoms with Gasteiger partial charge in [-0.2, -0.15) is 5.10 Å². The van der Waals surface area contributed by atoms with E-state index in [4.69, 9.17) is 16.2 Å². The van der Waals surface area contributed by atoms with Gasteiger partial charge in [0, 0.05) is 12.1 Å². The molecule has 1 heterocycles. The number of aromatic nitrogens is 2. The fourth-order valence-electron chi connectivity index (χ4n) is 2.73. The number of rotatable bonds is 6. The Morgan fingerprint density at radius 3 is 2.57 bits per heavy atom. The van der Waals surface area contributed by atoms with E-state index >= 15 is 0 Å². The molecule has 3 aromatic rings. The number of nitrogen functional groups attached to an aromatic ring is 1. The largest absolute Gasteiger partial charge is 0.496 e. The molecule has 0 atom stereocenters. The van der Waals surface area contributed by atoms with Crippen molar-refractivity contribution in [1.82, 2.24) is 15.5 Å². The van der Waals surface area contributed by atoms with Crippen LogP contribution >= 0.6 is 0 Å². The number of primary amides is 1. The highest BCUT2D eigenvalue weighted by Crippen LogP contribution is 2.25. The summed E-state index contributed by atoms with van der Waals surface area (Å²) in [6, 6.07) is 10.7. The number of nitrogens with zero attached hydrogens (tertiary/aromatic N) is 1. The number of H-pyrrole nitrogens is 1. The molecule has 0 aliphatic heterocycles. The molecule has 0 spiro atoms. The monoisotopic (exact) mass is 383 g/mol. The number of carbonyl (C=O) groups excluding carboxylic acids is 2. The topological polar surface area (TPSA) is 136 Å². The van der Waals surface area contributed by atoms with Crippen molar-refractivity contribution in [3.05, 3.63) is 65.0 Å². The molecule has 144 valence electrons. The number of amides is 2. The molecule has 2 aromatic carbocycles. The molecule has 28 heavy (non-hydrogen) atoms. The van der Waals surface area contributed by atoms with Crippen LogP contribution in [0.5, 0.6) is 5.75 Å². The van der Waals surface area contributed by atoms with Crippen LogP contribution in [-0.4, -0.2) is 29.1 Å². The van der Waals surface area contributed by atoms with Crippen molar-refractivity contribution in [1.29, 1.82) is 0 Å². The van der Waals surface area contributed by atoms with Gasteiger partial charge in [0.1, 0.15) is 28.6 Å². The van der Waals surface area contributed by atoms with Gasteiger partial charge in [-0.25, -0.2) is 4.39 Å². The molecule has 0 fully saturated rings. The Kier molecular flexibility index (Phi) is 5.25. The Morgan fingerprint density at radius 1 is 1.21 bits per heavy atom. The second kappa shape index (κ2) is 7.78. The SMILES string of the molecule is COc1ccc(F)cc1C(=O)NCc1ccc(-c2n[nH]c(N)c2C(N)=O)cc1. The zero-order valence-corrected chi connectivity index (χ0v) is 15.0. The molecular weight excluding hydrogens is 365 g/mol. The van der Waals surface area contributed by atoms with Gasteiger partial charge in [0.25, 0.3) is 11.8 Å². The van der Waals surface area contributed by atoms with Crippen LogP contribution < -0.4 is 21.5 Å². The molecule has 1 aromatic heterocycles. The van der Waals surface area contributed by atoms with Crippen LogP contribution in [0.2, 0.25) is 0 Å². The van der Waals surface area contributed by atoms with E-state index in [0.29, 0.717) is 11.3 Å². The average Bonchev–Trinajstić information content (AvgIpc) is 3.08. The van der Waals surface area contributed by atoms with E-state index in [2.05, 4.69) is 15.5 Å². The molecule has 6 N–H and O–H groups in total. The van der Waals surface area contributed by atoms with Crippen molar-refractivity contribution in [3.63, 3.8) is 0 Å². The standard InChI is InChI=1S/C19H18FN5O3/c1-28-14-7-6-12(20)8-13(14)19(27)23-9-10-2-4-11(5-3-10)16-15(18(22)26)17(21)25-24-16/h2-8H,9H2,1H3,(H2,22,26)(H,23,27)(H3,21,24,25). The first-order chi connectivity index (χ1) is 13.4. The highest BCUT2D eigenvalue weighted by Gasteiger charge is 2.18. The third-order valence-corrected chi connectivity index (χ3v) is 4.13. The highest BCUT2D eigenvalue weighted by molar-refractivity contribution is 6.03. The van der Waals surface area contributed by atoms with Crippen molar-refractivity contribution in [3.8, 4) is 17.0 Å². The predicted octanol–water partition coefficient (Wildman–Crippen LogP) is 1.84. The summed E-state index contributed by atoms with van der Waals surface area (Å²) in [5, 5.41) is 9.25. The molecule has 0 aliphatic rings. The number of hydrogen-bond donors (Lipinski definition) is 4. The minimum absolute atomic E-state index is 0.0999. The lowest BCUT2D eigenvalue weighted by atomic mass is 10.0. The van der Waals surface area contributed by atoms with Crippen LogP contribution in [-0.2, 0) is 6.54 Å². The maximum Gasteiger partial charge on any atom is 0.255 e. The molecular formula is C19H18FN5O3. The summed E-state index contributed by atoms with van der Waals surface area (Å²) in [4.78, 5) is 23.9. The normalized spacial score (nSPS) is 10.5. The molecule has 0 saturated heterocycles. The quantitative estimate of drug-likeness (QED) is 0.515. The van der Waals surface area contributed by atoms with Crippen molar-refractivity contribution >= 4 is 17.6 Å². The Bertz CT molecular complexity index is 1030. The van der Waals surface area contributed by atoms with E-state index in [1.807, 2.05) is 0 Å². The Morgan fingerprint density at radius 2 is 1.93 bits per heavy atom. The first-order valence-electron chi connectivity index (χ1n) is 8.25. The first-order valence-corrected chi connectivity index (χ1v) is 8.25. The number of carbonyl (C=O) groups is 2. The summed E-state index contributed by atoms with van der Waals surface area (Å²) in [6.07, 6.45) is 0. The lowest BCUT2D eigenvalue weighted by Crippen LogP contribution is -2.23. The number of anilines is 1. The van der Waals surface area contributed by atoms with Gasteiger partial charge in [-0.1, -0.05) is 24.3 Å². The van der Waals surface area contributed by atoms with Crippen LogP contribution in [0.4, 0.5) is 10.2 Å². The minimum Gasteiger partial charge on any atom is -0.496 e. The van der Waals surface area contributed by atoms with Crippen LogP contribution in [0.15, 0.2) is 42.5 Å². The Balaban J connectivity index is 1.73. The first kappa shape index (κ1) is 18.9. The van der Waals surface area contributed by atoms with Crippen molar-refractivity contribution in [2.24, 2.45) is 5.73 Å². The summed E-state index contributed by atoms with van der Waals surface area (Å²) in [5.41, 5.74) is 13.0. The van der Waals surface area contributed by atoms with E-state index in [0.717, 1.165) is 11.6 Å². The third-order valence-electron chi connectivity index (χ3n) is 4.13. The Hall–Kier alpha value is -3.88. The smallest absolute Gasteiger partial charge is 0.255 e. The van der Waals surface area contributed by atoms with Gasteiger partial charge in [-0.3, -0.25) is 14.7 Å². The van der Waals surface area contributed by atoms with Crippen LogP contribution in [0.3, 0.4) is 0 Å². The third kappa shape index (κ3) is 3.78. The molecule has 9 heteroatoms. The number of hydrogen-bond acceptors (Lipinski definition) is 5. The number of methoxy groups -OCH3 is 1. The summed E-state index contributed by atoms with van der Waals surface area (Å²) < 4.78 is 18.5. The van der Waals surface area contributed by atoms with Crippen LogP contribution in [0.1, 0.15) is 26.3 Å². The van der Waals surface area contributed by atoms with Gasteiger partial charge in [0.05, 0.1) is 12.7 Å². The lowest BCUT2D eigenvalue weighted by Gasteiger charge is -2.10. The predicted molar refractivity (Wildman–Crippen MR) is 101 cm³/mol. The highest BCUT2D eigenvalue weighted by atomic mass is 19.1. The maximum atomic E-state index is 13.4. The Labute approximate surface area is 159 Å². The van der Waals surface area contributed by atoms with E-state index < -0.39 is 17.6 Å². The minimum atomic E-state index is -0.679. The zero-order valence-electron chi connectivity index (χ0n) is 15.0. The van der Waals surface area contributed by atoms with Crippen LogP contribution in [0, 0.1) is 5.82 Å². The molecule has 0 radical (unpaired) electrons. The van der Waals surface area contributed by atoms with E-state index in [1.54, 1.807) is 24.3 Å². The van der Waals surface area contributed by atoms with Gasteiger partial charge in [-0.05, 0) is 23.8 Å². The summed E-state index contributed by atoms with van der Waals surface area (Å²) in [7, 11) is 1.41. The molecule has 3 rings (SSSR count). The van der Waals surface area contributed by atoms with E-state index in [1.165, 1.54) is 19.2 Å². The van der Waals surface area contributed by atoms with E-state index in [9.17, 15) is 14.0 Å². The molecule has 0 saturated carbocycles. The van der Waals surface area contributed by atoms with Gasteiger partial charge in [-0.15, -0.1) is 0 Å². The molecule has 0 unspecified atom stereocenters. The molecule has 0 aliphatic carbocycles. The molecule has 2 amide bonds. The van der Waals surface area contributed by atoms with Gasteiger partial charge in [0.2, 0.25) is 0 Å². The van der Waals surface area contributed by atoms with Crippen molar-refractivity contribution in [2.45, 2.75) is 6.54 Å². The summed E-state index contributed by atoms with van der Waals surface area (Å²) >= 11 is 0. The number of ether oxygens (including phenoxy) is 1. The molecule has 0 bridgehead atoms. The number of benzene rings is 2. The maximum absolute atomic E-state index is 13.4. The summed E-state index contributed by atoms with van der Waals surface area (Å²) in [6.45, 7) is 0.212. The zero-order chi connectivity index (χ0) is 20.3. The fourth-order valence-corrected chi connectivity index (χ4v) is 2.73. The van der Waals surface area contributed by atoms with Gasteiger partial charge in [0.15, 0.2) is 0 Å². The number of nitrogens with one attached hydrogen (secondary N) is 2. The van der Waals surface area contributed by atoms with Gasteiger partial charge >= 0.3 is 0 Å². The number of halogens is 1. The lowest BCUT2D eigenvalue weighted by molar-refractivity contribution is 0.0946. The summed E-state index contributed by atoms with van der Waals surface area (Å²) in [5.74, 6) is -1.29. The van der Waals surface area contributed by atoms with Crippen molar-refractivity contribution < 1.29 is 18.7 Å². The fraction of sp³-hybridized carbons (Fsp3) is 0.105. The number of nitrogens with two attached hydrogens (primary N) is 2. The number of aromatic amines is 1. The van der Waals surface area contributed by atoms with Gasteiger partial charge < -0.3 is 21.5 Å². The van der Waals surface area contributed by atoms with E-state index in [-0.39, 0.29) is 29.2 Å². The second-order valence-electron chi connectivity index (χ2n) is 5.95. The van der Waals surface area contributed by atoms with Crippen molar-refractivity contribution in [2.75, 3.05) is 12.8 Å².